The van der Waals surface area contributed by atoms with Crippen molar-refractivity contribution in [3.8, 4) is 11.4 Å². The normalized spacial score (nSPS) is 10.9. The van der Waals surface area contributed by atoms with Crippen LogP contribution in [0.4, 0.5) is 0 Å². The lowest BCUT2D eigenvalue weighted by Crippen LogP contribution is -2.06. The second-order valence-electron chi connectivity index (χ2n) is 3.91. The largest absolute Gasteiger partial charge is 0.367 e. The molecule has 0 radical (unpaired) electrons. The number of hydrogen-bond acceptors (Lipinski definition) is 2. The summed E-state index contributed by atoms with van der Waals surface area (Å²) in [5, 5.41) is 0. The Bertz CT molecular complexity index is 740. The first-order valence-electron chi connectivity index (χ1n) is 5.36. The van der Waals surface area contributed by atoms with Crippen molar-refractivity contribution in [3.63, 3.8) is 0 Å². The summed E-state index contributed by atoms with van der Waals surface area (Å²) < 4.78 is 1.93. The quantitative estimate of drug-likeness (QED) is 0.688. The molecule has 0 aliphatic heterocycles. The van der Waals surface area contributed by atoms with E-state index in [1.165, 1.54) is 6.07 Å². The number of pyridine rings is 1. The van der Waals surface area contributed by atoms with Gasteiger partial charge in [0.1, 0.15) is 5.82 Å². The van der Waals surface area contributed by atoms with Crippen molar-refractivity contribution in [2.24, 2.45) is 7.05 Å². The molecular formula is C13H11N3O. The van der Waals surface area contributed by atoms with Crippen LogP contribution >= 0.6 is 0 Å². The van der Waals surface area contributed by atoms with Crippen molar-refractivity contribution in [1.29, 1.82) is 0 Å². The number of nitrogens with one attached hydrogen (secondary N) is 1. The van der Waals surface area contributed by atoms with Gasteiger partial charge < -0.3 is 9.55 Å². The van der Waals surface area contributed by atoms with Crippen LogP contribution in [0, 0.1) is 0 Å². The second kappa shape index (κ2) is 3.59. The molecule has 0 saturated heterocycles. The predicted octanol–water partition coefficient (Wildman–Crippen LogP) is 1.93. The first-order valence-corrected chi connectivity index (χ1v) is 5.36. The van der Waals surface area contributed by atoms with E-state index >= 15 is 0 Å². The highest BCUT2D eigenvalue weighted by atomic mass is 16.1. The van der Waals surface area contributed by atoms with Crippen LogP contribution in [0.1, 0.15) is 0 Å². The number of aromatic amines is 1. The standard InChI is InChI=1S/C13H11N3O/c1-16-11-5-3-2-4-10(11)15-13(16)9-8-14-7-6-12(9)17/h2-8H,1H3,(H,14,17). The molecule has 0 unspecified atom stereocenters. The van der Waals surface area contributed by atoms with Crippen LogP contribution in [0.5, 0.6) is 0 Å². The molecule has 0 spiro atoms. The molecule has 2 heterocycles. The molecule has 0 amide bonds. The Labute approximate surface area is 97.6 Å². The fraction of sp³-hybridized carbons (Fsp3) is 0.0769. The summed E-state index contributed by atoms with van der Waals surface area (Å²) in [5.41, 5.74) is 2.48. The molecule has 84 valence electrons. The number of H-pyrrole nitrogens is 1. The van der Waals surface area contributed by atoms with Gasteiger partial charge in [-0.3, -0.25) is 4.79 Å². The summed E-state index contributed by atoms with van der Waals surface area (Å²) in [6.45, 7) is 0. The highest BCUT2D eigenvalue weighted by Crippen LogP contribution is 2.20. The Morgan fingerprint density at radius 2 is 2.06 bits per heavy atom. The highest BCUT2D eigenvalue weighted by Gasteiger charge is 2.11. The lowest BCUT2D eigenvalue weighted by molar-refractivity contribution is 0.955. The number of hydrogen-bond donors (Lipinski definition) is 1. The number of aromatic nitrogens is 3. The third-order valence-corrected chi connectivity index (χ3v) is 2.85. The summed E-state index contributed by atoms with van der Waals surface area (Å²) in [6.07, 6.45) is 3.30. The van der Waals surface area contributed by atoms with Crippen LogP contribution in [0.15, 0.2) is 47.5 Å². The molecule has 0 saturated carbocycles. The maximum Gasteiger partial charge on any atom is 0.192 e. The van der Waals surface area contributed by atoms with Crippen LogP contribution < -0.4 is 5.43 Å². The zero-order chi connectivity index (χ0) is 11.8. The van der Waals surface area contributed by atoms with Gasteiger partial charge in [0, 0.05) is 25.5 Å². The maximum atomic E-state index is 11.8. The van der Waals surface area contributed by atoms with E-state index in [0.29, 0.717) is 11.4 Å². The minimum absolute atomic E-state index is 0.0258. The Kier molecular flexibility index (Phi) is 2.08. The Hall–Kier alpha value is -2.36. The molecule has 2 aromatic heterocycles. The van der Waals surface area contributed by atoms with Gasteiger partial charge in [0.05, 0.1) is 16.6 Å². The van der Waals surface area contributed by atoms with Crippen molar-refractivity contribution in [3.05, 3.63) is 52.9 Å². The summed E-state index contributed by atoms with van der Waals surface area (Å²) in [4.78, 5) is 19.2. The minimum atomic E-state index is -0.0258. The summed E-state index contributed by atoms with van der Waals surface area (Å²) >= 11 is 0. The predicted molar refractivity (Wildman–Crippen MR) is 66.8 cm³/mol. The summed E-state index contributed by atoms with van der Waals surface area (Å²) in [5.74, 6) is 0.688. The molecule has 3 rings (SSSR count). The van der Waals surface area contributed by atoms with Crippen molar-refractivity contribution < 1.29 is 0 Å². The van der Waals surface area contributed by atoms with Crippen LogP contribution in [-0.4, -0.2) is 14.5 Å². The van der Waals surface area contributed by atoms with Gasteiger partial charge in [-0.1, -0.05) is 12.1 Å². The fourth-order valence-electron chi connectivity index (χ4n) is 1.98. The monoisotopic (exact) mass is 225 g/mol. The molecule has 4 nitrogen and oxygen atoms in total. The van der Waals surface area contributed by atoms with Gasteiger partial charge in [0.25, 0.3) is 0 Å². The van der Waals surface area contributed by atoms with E-state index in [9.17, 15) is 4.79 Å². The Morgan fingerprint density at radius 1 is 1.24 bits per heavy atom. The number of nitrogens with zero attached hydrogens (tertiary/aromatic N) is 2. The third-order valence-electron chi connectivity index (χ3n) is 2.85. The van der Waals surface area contributed by atoms with E-state index in [-0.39, 0.29) is 5.43 Å². The van der Waals surface area contributed by atoms with E-state index in [2.05, 4.69) is 9.97 Å². The number of benzene rings is 1. The van der Waals surface area contributed by atoms with Gasteiger partial charge >= 0.3 is 0 Å². The van der Waals surface area contributed by atoms with Gasteiger partial charge in [-0.2, -0.15) is 0 Å². The number of fused-ring (bicyclic) bond motifs is 1. The SMILES string of the molecule is Cn1c(-c2c[nH]ccc2=O)nc2ccccc21. The molecular weight excluding hydrogens is 214 g/mol. The first-order chi connectivity index (χ1) is 8.27. The molecule has 0 atom stereocenters. The summed E-state index contributed by atoms with van der Waals surface area (Å²) in [6, 6.07) is 9.34. The number of rotatable bonds is 1. The molecule has 3 aromatic rings. The molecule has 4 heteroatoms. The molecule has 1 N–H and O–H groups in total. The lowest BCUT2D eigenvalue weighted by atomic mass is 10.2. The molecule has 1 aromatic carbocycles. The maximum absolute atomic E-state index is 11.8. The van der Waals surface area contributed by atoms with Crippen molar-refractivity contribution in [2.75, 3.05) is 0 Å². The Morgan fingerprint density at radius 3 is 2.82 bits per heavy atom. The fourth-order valence-corrected chi connectivity index (χ4v) is 1.98. The van der Waals surface area contributed by atoms with Gasteiger partial charge in [-0.05, 0) is 12.1 Å². The van der Waals surface area contributed by atoms with Crippen molar-refractivity contribution >= 4 is 11.0 Å². The van der Waals surface area contributed by atoms with Crippen LogP contribution in [0.25, 0.3) is 22.4 Å². The van der Waals surface area contributed by atoms with Crippen LogP contribution in [0.3, 0.4) is 0 Å². The Balaban J connectivity index is 2.36. The van der Waals surface area contributed by atoms with Crippen molar-refractivity contribution in [1.82, 2.24) is 14.5 Å². The van der Waals surface area contributed by atoms with Crippen LogP contribution in [-0.2, 0) is 7.05 Å². The van der Waals surface area contributed by atoms with E-state index < -0.39 is 0 Å². The molecule has 0 aliphatic rings. The van der Waals surface area contributed by atoms with E-state index in [1.54, 1.807) is 12.4 Å². The molecule has 17 heavy (non-hydrogen) atoms. The van der Waals surface area contributed by atoms with Gasteiger partial charge in [0.2, 0.25) is 0 Å². The molecule has 0 fully saturated rings. The topological polar surface area (TPSA) is 50.7 Å². The lowest BCUT2D eigenvalue weighted by Gasteiger charge is -2.00. The number of imidazole rings is 1. The number of aryl methyl sites for hydroxylation is 1. The van der Waals surface area contributed by atoms with E-state index in [4.69, 9.17) is 0 Å². The van der Waals surface area contributed by atoms with Crippen LogP contribution in [0.2, 0.25) is 0 Å². The first kappa shape index (κ1) is 9.84. The zero-order valence-electron chi connectivity index (χ0n) is 9.34. The second-order valence-corrected chi connectivity index (χ2v) is 3.91. The average molecular weight is 225 g/mol. The van der Waals surface area contributed by atoms with Gasteiger partial charge in [-0.25, -0.2) is 4.98 Å². The van der Waals surface area contributed by atoms with E-state index in [1.807, 2.05) is 35.9 Å². The van der Waals surface area contributed by atoms with E-state index in [0.717, 1.165) is 11.0 Å². The highest BCUT2D eigenvalue weighted by molar-refractivity contribution is 5.80. The summed E-state index contributed by atoms with van der Waals surface area (Å²) in [7, 11) is 1.91. The third kappa shape index (κ3) is 1.45. The molecule has 0 aliphatic carbocycles. The smallest absolute Gasteiger partial charge is 0.192 e. The average Bonchev–Trinajstić information content (AvgIpc) is 2.68. The molecule has 0 bridgehead atoms. The van der Waals surface area contributed by atoms with Gasteiger partial charge in [-0.15, -0.1) is 0 Å². The van der Waals surface area contributed by atoms with Gasteiger partial charge in [0.15, 0.2) is 5.43 Å². The number of para-hydroxylation sites is 2. The zero-order valence-corrected chi connectivity index (χ0v) is 9.34. The van der Waals surface area contributed by atoms with Crippen molar-refractivity contribution in [2.45, 2.75) is 0 Å². The minimum Gasteiger partial charge on any atom is -0.367 e.